The number of rotatable bonds is 4. The summed E-state index contributed by atoms with van der Waals surface area (Å²) in [5.41, 5.74) is 0.892. The first-order valence-corrected chi connectivity index (χ1v) is 7.17. The number of ether oxygens (including phenoxy) is 1. The Bertz CT molecular complexity index is 512. The molecule has 6 heteroatoms. The Morgan fingerprint density at radius 1 is 1.53 bits per heavy atom. The van der Waals surface area contributed by atoms with Crippen molar-refractivity contribution in [3.63, 3.8) is 0 Å². The van der Waals surface area contributed by atoms with Crippen LogP contribution in [0.4, 0.5) is 0 Å². The van der Waals surface area contributed by atoms with Crippen LogP contribution in [0.1, 0.15) is 5.69 Å². The molecule has 0 bridgehead atoms. The average Bonchev–Trinajstić information content (AvgIpc) is 3.09. The summed E-state index contributed by atoms with van der Waals surface area (Å²) in [5, 5.41) is 15.4. The van der Waals surface area contributed by atoms with Crippen molar-refractivity contribution >= 4 is 11.3 Å². The van der Waals surface area contributed by atoms with E-state index in [1.807, 2.05) is 23.6 Å². The molecule has 0 aromatic carbocycles. The van der Waals surface area contributed by atoms with Gasteiger partial charge < -0.3 is 14.4 Å². The van der Waals surface area contributed by atoms with E-state index in [1.165, 1.54) is 0 Å². The van der Waals surface area contributed by atoms with E-state index < -0.39 is 0 Å². The van der Waals surface area contributed by atoms with Gasteiger partial charge in [0.1, 0.15) is 0 Å². The Kier molecular flexibility index (Phi) is 3.93. The molecule has 1 aliphatic rings. The van der Waals surface area contributed by atoms with E-state index in [9.17, 15) is 5.11 Å². The maximum absolute atomic E-state index is 9.33. The molecule has 5 nitrogen and oxygen atoms in total. The second-order valence-corrected chi connectivity index (χ2v) is 5.49. The Labute approximate surface area is 115 Å². The molecule has 1 saturated heterocycles. The zero-order valence-corrected chi connectivity index (χ0v) is 11.3. The summed E-state index contributed by atoms with van der Waals surface area (Å²) >= 11 is 1.63. The van der Waals surface area contributed by atoms with Crippen LogP contribution in [-0.4, -0.2) is 47.6 Å². The van der Waals surface area contributed by atoms with Crippen molar-refractivity contribution in [2.24, 2.45) is 0 Å². The maximum Gasteiger partial charge on any atom is 0.177 e. The molecule has 0 amide bonds. The lowest BCUT2D eigenvalue weighted by molar-refractivity contribution is -0.0320. The van der Waals surface area contributed by atoms with Gasteiger partial charge in [0, 0.05) is 19.2 Å². The molecule has 0 radical (unpaired) electrons. The number of nitrogens with zero attached hydrogens (tertiary/aromatic N) is 2. The van der Waals surface area contributed by atoms with Crippen molar-refractivity contribution in [3.05, 3.63) is 29.3 Å². The molecule has 1 atom stereocenters. The minimum Gasteiger partial charge on any atom is -0.395 e. The highest BCUT2D eigenvalue weighted by Crippen LogP contribution is 2.25. The molecule has 0 saturated carbocycles. The van der Waals surface area contributed by atoms with Gasteiger partial charge in [-0.15, -0.1) is 11.3 Å². The highest BCUT2D eigenvalue weighted by atomic mass is 32.1. The molecule has 1 unspecified atom stereocenters. The van der Waals surface area contributed by atoms with E-state index >= 15 is 0 Å². The van der Waals surface area contributed by atoms with Gasteiger partial charge in [0.25, 0.3) is 0 Å². The Morgan fingerprint density at radius 2 is 2.47 bits per heavy atom. The first-order chi connectivity index (χ1) is 9.36. The van der Waals surface area contributed by atoms with Crippen molar-refractivity contribution in [3.8, 4) is 10.6 Å². The number of hydrogen-bond donors (Lipinski definition) is 1. The van der Waals surface area contributed by atoms with Crippen LogP contribution in [0, 0.1) is 0 Å². The van der Waals surface area contributed by atoms with E-state index in [2.05, 4.69) is 10.1 Å². The molecule has 0 spiro atoms. The van der Waals surface area contributed by atoms with Crippen molar-refractivity contribution in [2.75, 3.05) is 26.4 Å². The first-order valence-electron chi connectivity index (χ1n) is 6.29. The summed E-state index contributed by atoms with van der Waals surface area (Å²) in [6, 6.07) is 6.03. The van der Waals surface area contributed by atoms with Crippen LogP contribution < -0.4 is 0 Å². The van der Waals surface area contributed by atoms with Crippen LogP contribution in [0.3, 0.4) is 0 Å². The largest absolute Gasteiger partial charge is 0.395 e. The fourth-order valence-corrected chi connectivity index (χ4v) is 2.87. The zero-order valence-electron chi connectivity index (χ0n) is 10.5. The first kappa shape index (κ1) is 12.8. The smallest absolute Gasteiger partial charge is 0.177 e. The van der Waals surface area contributed by atoms with Gasteiger partial charge in [-0.1, -0.05) is 11.2 Å². The number of hydrogen-bond acceptors (Lipinski definition) is 6. The lowest BCUT2D eigenvalue weighted by atomic mass is 10.2. The standard InChI is InChI=1S/C13H16N2O3S/c16-8-11-9-17-4-3-15(11)7-10-6-12(18-14-10)13-2-1-5-19-13/h1-2,5-6,11,16H,3-4,7-9H2. The van der Waals surface area contributed by atoms with E-state index in [4.69, 9.17) is 9.26 Å². The second-order valence-electron chi connectivity index (χ2n) is 4.54. The molecule has 3 heterocycles. The van der Waals surface area contributed by atoms with Crippen molar-refractivity contribution < 1.29 is 14.4 Å². The fourth-order valence-electron chi connectivity index (χ4n) is 2.19. The number of aliphatic hydroxyl groups excluding tert-OH is 1. The lowest BCUT2D eigenvalue weighted by Gasteiger charge is -2.33. The molecule has 1 aliphatic heterocycles. The average molecular weight is 280 g/mol. The normalized spacial score (nSPS) is 20.8. The second kappa shape index (κ2) is 5.83. The molecule has 1 fully saturated rings. The summed E-state index contributed by atoms with van der Waals surface area (Å²) in [6.07, 6.45) is 0. The van der Waals surface area contributed by atoms with E-state index in [-0.39, 0.29) is 12.6 Å². The Balaban J connectivity index is 1.69. The molecule has 19 heavy (non-hydrogen) atoms. The highest BCUT2D eigenvalue weighted by molar-refractivity contribution is 7.13. The Morgan fingerprint density at radius 3 is 3.26 bits per heavy atom. The minimum absolute atomic E-state index is 0.0515. The zero-order chi connectivity index (χ0) is 13.1. The number of aliphatic hydroxyl groups is 1. The number of thiophene rings is 1. The van der Waals surface area contributed by atoms with Crippen LogP contribution in [0.25, 0.3) is 10.6 Å². The molecule has 3 rings (SSSR count). The monoisotopic (exact) mass is 280 g/mol. The van der Waals surface area contributed by atoms with Gasteiger partial charge >= 0.3 is 0 Å². The van der Waals surface area contributed by atoms with Crippen LogP contribution in [-0.2, 0) is 11.3 Å². The van der Waals surface area contributed by atoms with Crippen LogP contribution in [0.15, 0.2) is 28.1 Å². The minimum atomic E-state index is 0.0515. The van der Waals surface area contributed by atoms with Crippen molar-refractivity contribution in [1.29, 1.82) is 0 Å². The number of morpholine rings is 1. The third kappa shape index (κ3) is 2.87. The van der Waals surface area contributed by atoms with Gasteiger partial charge in [-0.05, 0) is 11.4 Å². The molecule has 0 aliphatic carbocycles. The van der Waals surface area contributed by atoms with E-state index in [0.29, 0.717) is 19.8 Å². The van der Waals surface area contributed by atoms with Crippen LogP contribution in [0.2, 0.25) is 0 Å². The van der Waals surface area contributed by atoms with Crippen LogP contribution >= 0.6 is 11.3 Å². The molecule has 1 N–H and O–H groups in total. The SMILES string of the molecule is OCC1COCCN1Cc1cc(-c2cccs2)on1. The highest BCUT2D eigenvalue weighted by Gasteiger charge is 2.23. The third-order valence-electron chi connectivity index (χ3n) is 3.25. The quantitative estimate of drug-likeness (QED) is 0.921. The third-order valence-corrected chi connectivity index (χ3v) is 4.13. The number of aromatic nitrogens is 1. The van der Waals surface area contributed by atoms with Gasteiger partial charge in [-0.25, -0.2) is 0 Å². The van der Waals surface area contributed by atoms with Crippen molar-refractivity contribution in [1.82, 2.24) is 10.1 Å². The van der Waals surface area contributed by atoms with Gasteiger partial charge in [0.2, 0.25) is 0 Å². The van der Waals surface area contributed by atoms with Gasteiger partial charge in [0.15, 0.2) is 5.76 Å². The van der Waals surface area contributed by atoms with Crippen molar-refractivity contribution in [2.45, 2.75) is 12.6 Å². The molecule has 2 aromatic heterocycles. The molecular weight excluding hydrogens is 264 g/mol. The van der Waals surface area contributed by atoms with Gasteiger partial charge in [-0.3, -0.25) is 4.90 Å². The van der Waals surface area contributed by atoms with Gasteiger partial charge in [0.05, 0.1) is 36.4 Å². The molecule has 2 aromatic rings. The van der Waals surface area contributed by atoms with Gasteiger partial charge in [-0.2, -0.15) is 0 Å². The van der Waals surface area contributed by atoms with E-state index in [1.54, 1.807) is 11.3 Å². The summed E-state index contributed by atoms with van der Waals surface area (Å²) in [6.45, 7) is 2.88. The van der Waals surface area contributed by atoms with E-state index in [0.717, 1.165) is 22.9 Å². The predicted molar refractivity (Wildman–Crippen MR) is 71.9 cm³/mol. The predicted octanol–water partition coefficient (Wildman–Crippen LogP) is 1.60. The molecular formula is C13H16N2O3S. The Hall–Kier alpha value is -1.21. The summed E-state index contributed by atoms with van der Waals surface area (Å²) in [5.74, 6) is 0.804. The summed E-state index contributed by atoms with van der Waals surface area (Å²) in [4.78, 5) is 3.26. The topological polar surface area (TPSA) is 58.7 Å². The lowest BCUT2D eigenvalue weighted by Crippen LogP contribution is -2.46. The summed E-state index contributed by atoms with van der Waals surface area (Å²) < 4.78 is 10.7. The van der Waals surface area contributed by atoms with Crippen LogP contribution in [0.5, 0.6) is 0 Å². The maximum atomic E-state index is 9.33. The molecule has 102 valence electrons. The summed E-state index contributed by atoms with van der Waals surface area (Å²) in [7, 11) is 0. The fraction of sp³-hybridized carbons (Fsp3) is 0.462.